The molecule has 0 radical (unpaired) electrons. The number of hydrogen-bond acceptors (Lipinski definition) is 3. The smallest absolute Gasteiger partial charge is 0.326 e. The zero-order chi connectivity index (χ0) is 15.7. The lowest BCUT2D eigenvalue weighted by molar-refractivity contribution is -0.140. The molecule has 0 saturated heterocycles. The summed E-state index contributed by atoms with van der Waals surface area (Å²) in [6.07, 6.45) is 2.01. The van der Waals surface area contributed by atoms with Crippen LogP contribution in [0.3, 0.4) is 0 Å². The van der Waals surface area contributed by atoms with E-state index in [1.807, 2.05) is 0 Å². The fraction of sp³-hybridized carbons (Fsp3) is 0.533. The molecule has 1 aromatic rings. The largest absolute Gasteiger partial charge is 0.480 e. The van der Waals surface area contributed by atoms with Gasteiger partial charge in [-0.15, -0.1) is 0 Å². The van der Waals surface area contributed by atoms with Crippen molar-refractivity contribution in [3.05, 3.63) is 22.5 Å². The average Bonchev–Trinajstić information content (AvgIpc) is 2.73. The lowest BCUT2D eigenvalue weighted by Crippen LogP contribution is -2.44. The van der Waals surface area contributed by atoms with Crippen LogP contribution in [-0.2, 0) is 11.2 Å². The molecule has 0 aromatic carbocycles. The number of ketones is 1. The van der Waals surface area contributed by atoms with Crippen molar-refractivity contribution in [2.75, 3.05) is 0 Å². The normalized spacial score (nSPS) is 15.7. The Hall–Kier alpha value is -2.11. The maximum Gasteiger partial charge on any atom is 0.326 e. The van der Waals surface area contributed by atoms with Crippen LogP contribution in [0.15, 0.2) is 0 Å². The summed E-state index contributed by atoms with van der Waals surface area (Å²) in [6, 6.07) is -0.951. The Morgan fingerprint density at radius 2 is 1.95 bits per heavy atom. The summed E-state index contributed by atoms with van der Waals surface area (Å²) in [7, 11) is 0. The van der Waals surface area contributed by atoms with E-state index < -0.39 is 17.9 Å². The second-order valence-electron chi connectivity index (χ2n) is 5.79. The van der Waals surface area contributed by atoms with Crippen LogP contribution in [0.25, 0.3) is 0 Å². The lowest BCUT2D eigenvalue weighted by Gasteiger charge is -2.17. The number of aromatic nitrogens is 1. The summed E-state index contributed by atoms with van der Waals surface area (Å²) in [4.78, 5) is 38.4. The number of nitrogens with one attached hydrogen (secondary N) is 2. The van der Waals surface area contributed by atoms with Crippen molar-refractivity contribution < 1.29 is 19.5 Å². The van der Waals surface area contributed by atoms with Gasteiger partial charge in [0.1, 0.15) is 11.7 Å². The molecule has 3 N–H and O–H groups in total. The molecule has 1 amide bonds. The first-order valence-corrected chi connectivity index (χ1v) is 7.11. The topological polar surface area (TPSA) is 99.3 Å². The molecule has 0 fully saturated rings. The van der Waals surface area contributed by atoms with Gasteiger partial charge in [-0.1, -0.05) is 13.8 Å². The van der Waals surface area contributed by atoms with Crippen molar-refractivity contribution >= 4 is 17.7 Å². The van der Waals surface area contributed by atoms with Gasteiger partial charge in [0.2, 0.25) is 0 Å². The predicted molar refractivity (Wildman–Crippen MR) is 76.5 cm³/mol. The number of aryl methyl sites for hydroxylation is 1. The first-order chi connectivity index (χ1) is 9.82. The number of fused-ring (bicyclic) bond motifs is 1. The van der Waals surface area contributed by atoms with E-state index in [9.17, 15) is 14.4 Å². The summed E-state index contributed by atoms with van der Waals surface area (Å²) in [5.41, 5.74) is 2.29. The van der Waals surface area contributed by atoms with E-state index in [4.69, 9.17) is 5.11 Å². The monoisotopic (exact) mass is 292 g/mol. The van der Waals surface area contributed by atoms with Gasteiger partial charge in [0.05, 0.1) is 0 Å². The van der Waals surface area contributed by atoms with Crippen molar-refractivity contribution in [3.63, 3.8) is 0 Å². The zero-order valence-corrected chi connectivity index (χ0v) is 12.4. The van der Waals surface area contributed by atoms with E-state index in [0.29, 0.717) is 23.2 Å². The molecule has 1 aromatic heterocycles. The number of carboxylic acids is 1. The molecular formula is C15H20N2O4. The quantitative estimate of drug-likeness (QED) is 0.786. The third-order valence-corrected chi connectivity index (χ3v) is 3.88. The molecule has 0 spiro atoms. The van der Waals surface area contributed by atoms with Crippen molar-refractivity contribution in [2.24, 2.45) is 5.92 Å². The summed E-state index contributed by atoms with van der Waals surface area (Å²) in [6.45, 7) is 5.18. The number of rotatable bonds is 4. The highest BCUT2D eigenvalue weighted by atomic mass is 16.4. The van der Waals surface area contributed by atoms with E-state index in [0.717, 1.165) is 18.5 Å². The van der Waals surface area contributed by atoms with Crippen LogP contribution in [0.5, 0.6) is 0 Å². The number of amides is 1. The van der Waals surface area contributed by atoms with Gasteiger partial charge in [-0.2, -0.15) is 0 Å². The highest BCUT2D eigenvalue weighted by Gasteiger charge is 2.29. The van der Waals surface area contributed by atoms with Crippen LogP contribution in [0, 0.1) is 12.8 Å². The van der Waals surface area contributed by atoms with Gasteiger partial charge in [-0.3, -0.25) is 9.59 Å². The summed E-state index contributed by atoms with van der Waals surface area (Å²) in [5, 5.41) is 11.6. The maximum absolute atomic E-state index is 12.3. The minimum Gasteiger partial charge on any atom is -0.480 e. The molecule has 1 aliphatic carbocycles. The summed E-state index contributed by atoms with van der Waals surface area (Å²) >= 11 is 0. The number of aromatic amines is 1. The third-order valence-electron chi connectivity index (χ3n) is 3.88. The Morgan fingerprint density at radius 1 is 1.29 bits per heavy atom. The van der Waals surface area contributed by atoms with Crippen molar-refractivity contribution in [1.82, 2.24) is 10.3 Å². The highest BCUT2D eigenvalue weighted by molar-refractivity contribution is 6.04. The number of carbonyl (C=O) groups is 3. The molecule has 1 aliphatic rings. The van der Waals surface area contributed by atoms with Crippen LogP contribution in [0.2, 0.25) is 0 Å². The number of H-pyrrole nitrogens is 1. The first-order valence-electron chi connectivity index (χ1n) is 7.11. The summed E-state index contributed by atoms with van der Waals surface area (Å²) in [5.74, 6) is -1.72. The van der Waals surface area contributed by atoms with E-state index >= 15 is 0 Å². The SMILES string of the molecule is Cc1c(C(=O)N[C@H](C(=O)O)C(C)C)[nH]c2c1C(=O)CCC2. The second kappa shape index (κ2) is 5.71. The van der Waals surface area contributed by atoms with Crippen molar-refractivity contribution in [1.29, 1.82) is 0 Å². The number of carbonyl (C=O) groups excluding carboxylic acids is 2. The van der Waals surface area contributed by atoms with Gasteiger partial charge in [0, 0.05) is 17.7 Å². The maximum atomic E-state index is 12.3. The van der Waals surface area contributed by atoms with E-state index in [-0.39, 0.29) is 11.7 Å². The van der Waals surface area contributed by atoms with Crippen LogP contribution in [0.1, 0.15) is 58.8 Å². The standard InChI is InChI=1S/C15H20N2O4/c1-7(2)12(15(20)21)17-14(19)13-8(3)11-9(16-13)5-4-6-10(11)18/h7,12,16H,4-6H2,1-3H3,(H,17,19)(H,20,21)/t12-/m0/s1. The molecule has 21 heavy (non-hydrogen) atoms. The molecule has 0 bridgehead atoms. The van der Waals surface area contributed by atoms with Gasteiger partial charge in [0.15, 0.2) is 5.78 Å². The molecular weight excluding hydrogens is 272 g/mol. The van der Waals surface area contributed by atoms with Crippen LogP contribution >= 0.6 is 0 Å². The molecule has 6 nitrogen and oxygen atoms in total. The molecule has 0 saturated carbocycles. The van der Waals surface area contributed by atoms with Crippen LogP contribution in [0.4, 0.5) is 0 Å². The van der Waals surface area contributed by atoms with Gasteiger partial charge in [-0.25, -0.2) is 4.79 Å². The Bertz CT molecular complexity index is 601. The zero-order valence-electron chi connectivity index (χ0n) is 12.4. The molecule has 0 aliphatic heterocycles. The Balaban J connectivity index is 2.28. The highest BCUT2D eigenvalue weighted by Crippen LogP contribution is 2.26. The molecule has 0 unspecified atom stereocenters. The molecule has 1 heterocycles. The van der Waals surface area contributed by atoms with E-state index in [1.54, 1.807) is 20.8 Å². The molecule has 2 rings (SSSR count). The Labute approximate surface area is 122 Å². The average molecular weight is 292 g/mol. The second-order valence-corrected chi connectivity index (χ2v) is 5.79. The summed E-state index contributed by atoms with van der Waals surface area (Å²) < 4.78 is 0. The first kappa shape index (κ1) is 15.3. The fourth-order valence-electron chi connectivity index (χ4n) is 2.73. The number of hydrogen-bond donors (Lipinski definition) is 3. The minimum atomic E-state index is -1.07. The van der Waals surface area contributed by atoms with E-state index in [2.05, 4.69) is 10.3 Å². The fourth-order valence-corrected chi connectivity index (χ4v) is 2.73. The van der Waals surface area contributed by atoms with Crippen LogP contribution < -0.4 is 5.32 Å². The molecule has 1 atom stereocenters. The van der Waals surface area contributed by atoms with Gasteiger partial charge >= 0.3 is 5.97 Å². The van der Waals surface area contributed by atoms with Gasteiger partial charge < -0.3 is 15.4 Å². The molecule has 114 valence electrons. The van der Waals surface area contributed by atoms with Gasteiger partial charge in [-0.05, 0) is 31.2 Å². The lowest BCUT2D eigenvalue weighted by atomic mass is 9.93. The number of carboxylic acid groups (broad SMARTS) is 1. The Morgan fingerprint density at radius 3 is 2.48 bits per heavy atom. The van der Waals surface area contributed by atoms with E-state index in [1.165, 1.54) is 0 Å². The minimum absolute atomic E-state index is 0.0442. The van der Waals surface area contributed by atoms with Crippen molar-refractivity contribution in [3.8, 4) is 0 Å². The number of aliphatic carboxylic acids is 1. The van der Waals surface area contributed by atoms with Crippen molar-refractivity contribution in [2.45, 2.75) is 46.1 Å². The predicted octanol–water partition coefficient (Wildman–Crippen LogP) is 1.68. The van der Waals surface area contributed by atoms with Crippen LogP contribution in [-0.4, -0.2) is 33.8 Å². The third kappa shape index (κ3) is 2.84. The Kier molecular flexibility index (Phi) is 4.16. The number of Topliss-reactive ketones (excluding diaryl/α,β-unsaturated/α-hetero) is 1. The van der Waals surface area contributed by atoms with Gasteiger partial charge in [0.25, 0.3) is 5.91 Å². The molecule has 6 heteroatoms.